The number of hydrogen-bond acceptors (Lipinski definition) is 5. The van der Waals surface area contributed by atoms with E-state index in [1.54, 1.807) is 23.2 Å². The fourth-order valence-electron chi connectivity index (χ4n) is 4.26. The number of carbonyl (C=O) groups excluding carboxylic acids is 1. The Balaban J connectivity index is 1.48. The van der Waals surface area contributed by atoms with Gasteiger partial charge < -0.3 is 5.32 Å². The first-order valence-electron chi connectivity index (χ1n) is 10.9. The Kier molecular flexibility index (Phi) is 6.15. The maximum absolute atomic E-state index is 13.7. The molecule has 1 saturated heterocycles. The summed E-state index contributed by atoms with van der Waals surface area (Å²) in [6.07, 6.45) is 4.86. The van der Waals surface area contributed by atoms with Crippen LogP contribution in [-0.4, -0.2) is 45.2 Å². The predicted octanol–water partition coefficient (Wildman–Crippen LogP) is 4.59. The molecule has 1 amide bonds. The zero-order chi connectivity index (χ0) is 22.6. The number of amides is 1. The molecule has 1 aliphatic rings. The maximum Gasteiger partial charge on any atom is 0.259 e. The third kappa shape index (κ3) is 4.37. The topological polar surface area (TPSA) is 86.8 Å². The summed E-state index contributed by atoms with van der Waals surface area (Å²) in [5.41, 5.74) is 3.54. The number of halogens is 1. The van der Waals surface area contributed by atoms with Gasteiger partial charge in [0.2, 0.25) is 0 Å². The lowest BCUT2D eigenvalue weighted by Gasteiger charge is -2.34. The SMILES string of the molecule is O=C(c1ccc(-c2ccccc2-c2ncn[nH]2)cc1)N(c1ncccc1Cl)C1CCNCC1. The minimum atomic E-state index is -0.0995. The Morgan fingerprint density at radius 3 is 2.39 bits per heavy atom. The number of piperidine rings is 1. The minimum absolute atomic E-state index is 0.0398. The Labute approximate surface area is 196 Å². The summed E-state index contributed by atoms with van der Waals surface area (Å²) >= 11 is 6.46. The van der Waals surface area contributed by atoms with E-state index in [1.165, 1.54) is 6.33 Å². The number of anilines is 1. The van der Waals surface area contributed by atoms with Crippen LogP contribution in [0.3, 0.4) is 0 Å². The smallest absolute Gasteiger partial charge is 0.259 e. The van der Waals surface area contributed by atoms with Crippen LogP contribution >= 0.6 is 11.6 Å². The number of pyridine rings is 1. The molecule has 8 heteroatoms. The van der Waals surface area contributed by atoms with Gasteiger partial charge in [0.15, 0.2) is 11.6 Å². The molecule has 5 rings (SSSR count). The first-order valence-corrected chi connectivity index (χ1v) is 11.3. The standard InChI is InChI=1S/C25H23ClN6O/c26-22-6-3-13-28-24(22)32(19-11-14-27-15-12-19)25(33)18-9-7-17(8-10-18)20-4-1-2-5-21(20)23-29-16-30-31-23/h1-10,13,16,19,27H,11-12,14-15H2,(H,29,30,31). The van der Waals surface area contributed by atoms with Crippen LogP contribution in [0, 0.1) is 0 Å². The van der Waals surface area contributed by atoms with E-state index in [0.29, 0.717) is 22.2 Å². The fourth-order valence-corrected chi connectivity index (χ4v) is 4.48. The lowest BCUT2D eigenvalue weighted by molar-refractivity contribution is 0.0971. The quantitative estimate of drug-likeness (QED) is 0.457. The molecule has 0 unspecified atom stereocenters. The second-order valence-electron chi connectivity index (χ2n) is 7.92. The predicted molar refractivity (Wildman–Crippen MR) is 129 cm³/mol. The van der Waals surface area contributed by atoms with Crippen LogP contribution in [0.2, 0.25) is 5.02 Å². The van der Waals surface area contributed by atoms with Crippen molar-refractivity contribution in [2.45, 2.75) is 18.9 Å². The van der Waals surface area contributed by atoms with Crippen LogP contribution in [0.5, 0.6) is 0 Å². The van der Waals surface area contributed by atoms with Crippen molar-refractivity contribution in [3.8, 4) is 22.5 Å². The number of hydrogen-bond donors (Lipinski definition) is 2. The molecule has 1 aliphatic heterocycles. The van der Waals surface area contributed by atoms with Crippen molar-refractivity contribution < 1.29 is 4.79 Å². The van der Waals surface area contributed by atoms with E-state index in [2.05, 4.69) is 25.5 Å². The Bertz CT molecular complexity index is 1240. The van der Waals surface area contributed by atoms with Crippen LogP contribution in [0.4, 0.5) is 5.82 Å². The van der Waals surface area contributed by atoms with E-state index in [9.17, 15) is 4.79 Å². The van der Waals surface area contributed by atoms with E-state index in [1.807, 2.05) is 48.5 Å². The van der Waals surface area contributed by atoms with Crippen LogP contribution < -0.4 is 10.2 Å². The number of nitrogens with one attached hydrogen (secondary N) is 2. The van der Waals surface area contributed by atoms with Crippen LogP contribution in [0.1, 0.15) is 23.2 Å². The molecular weight excluding hydrogens is 436 g/mol. The largest absolute Gasteiger partial charge is 0.317 e. The second kappa shape index (κ2) is 9.52. The number of benzene rings is 2. The summed E-state index contributed by atoms with van der Waals surface area (Å²) in [7, 11) is 0. The molecule has 33 heavy (non-hydrogen) atoms. The lowest BCUT2D eigenvalue weighted by Crippen LogP contribution is -2.47. The summed E-state index contributed by atoms with van der Waals surface area (Å²) in [4.78, 5) is 24.2. The van der Waals surface area contributed by atoms with Crippen molar-refractivity contribution in [2.75, 3.05) is 18.0 Å². The molecule has 0 aliphatic carbocycles. The molecular formula is C25H23ClN6O. The van der Waals surface area contributed by atoms with Gasteiger partial charge in [0.25, 0.3) is 5.91 Å². The molecule has 1 fully saturated rings. The number of aromatic amines is 1. The Morgan fingerprint density at radius 2 is 1.70 bits per heavy atom. The fraction of sp³-hybridized carbons (Fsp3) is 0.200. The number of H-pyrrole nitrogens is 1. The Morgan fingerprint density at radius 1 is 0.939 bits per heavy atom. The van der Waals surface area contributed by atoms with Crippen LogP contribution in [0.15, 0.2) is 73.2 Å². The van der Waals surface area contributed by atoms with Gasteiger partial charge in [-0.2, -0.15) is 5.10 Å². The van der Waals surface area contributed by atoms with E-state index >= 15 is 0 Å². The van der Waals surface area contributed by atoms with Crippen LogP contribution in [-0.2, 0) is 0 Å². The highest BCUT2D eigenvalue weighted by Crippen LogP contribution is 2.32. The molecule has 0 bridgehead atoms. The lowest BCUT2D eigenvalue weighted by atomic mass is 9.97. The average Bonchev–Trinajstić information content (AvgIpc) is 3.41. The summed E-state index contributed by atoms with van der Waals surface area (Å²) in [6.45, 7) is 1.71. The van der Waals surface area contributed by atoms with Crippen LogP contribution in [0.25, 0.3) is 22.5 Å². The zero-order valence-corrected chi connectivity index (χ0v) is 18.7. The van der Waals surface area contributed by atoms with Crippen molar-refractivity contribution in [1.82, 2.24) is 25.5 Å². The molecule has 0 atom stereocenters. The van der Waals surface area contributed by atoms with Gasteiger partial charge in [0.05, 0.1) is 5.02 Å². The van der Waals surface area contributed by atoms with Gasteiger partial charge in [0.1, 0.15) is 6.33 Å². The first kappa shape index (κ1) is 21.3. The van der Waals surface area contributed by atoms with Gasteiger partial charge in [-0.3, -0.25) is 14.8 Å². The molecule has 2 N–H and O–H groups in total. The number of nitrogens with zero attached hydrogens (tertiary/aromatic N) is 4. The van der Waals surface area contributed by atoms with Gasteiger partial charge in [-0.1, -0.05) is 48.0 Å². The average molecular weight is 459 g/mol. The minimum Gasteiger partial charge on any atom is -0.317 e. The highest BCUT2D eigenvalue weighted by molar-refractivity contribution is 6.33. The molecule has 2 aromatic carbocycles. The van der Waals surface area contributed by atoms with Crippen molar-refractivity contribution >= 4 is 23.3 Å². The van der Waals surface area contributed by atoms with Crippen molar-refractivity contribution in [3.05, 3.63) is 83.8 Å². The first-order chi connectivity index (χ1) is 16.2. The van der Waals surface area contributed by atoms with Gasteiger partial charge >= 0.3 is 0 Å². The van der Waals surface area contributed by atoms with Gasteiger partial charge in [0, 0.05) is 23.4 Å². The number of rotatable bonds is 5. The summed E-state index contributed by atoms with van der Waals surface area (Å²) in [6, 6.07) is 19.2. The van der Waals surface area contributed by atoms with Gasteiger partial charge in [-0.05, 0) is 61.3 Å². The zero-order valence-electron chi connectivity index (χ0n) is 17.9. The molecule has 0 saturated carbocycles. The Hall–Kier alpha value is -3.55. The summed E-state index contributed by atoms with van der Waals surface area (Å²) in [5.74, 6) is 1.11. The van der Waals surface area contributed by atoms with Gasteiger partial charge in [-0.15, -0.1) is 0 Å². The maximum atomic E-state index is 13.7. The summed E-state index contributed by atoms with van der Waals surface area (Å²) < 4.78 is 0. The highest BCUT2D eigenvalue weighted by atomic mass is 35.5. The molecule has 3 heterocycles. The normalized spacial score (nSPS) is 14.2. The molecule has 7 nitrogen and oxygen atoms in total. The summed E-state index contributed by atoms with van der Waals surface area (Å²) in [5, 5.41) is 10.7. The number of aromatic nitrogens is 4. The van der Waals surface area contributed by atoms with E-state index in [4.69, 9.17) is 11.6 Å². The highest BCUT2D eigenvalue weighted by Gasteiger charge is 2.30. The second-order valence-corrected chi connectivity index (χ2v) is 8.33. The van der Waals surface area contributed by atoms with Crippen molar-refractivity contribution in [3.63, 3.8) is 0 Å². The molecule has 4 aromatic rings. The van der Waals surface area contributed by atoms with E-state index in [0.717, 1.165) is 42.6 Å². The third-order valence-electron chi connectivity index (χ3n) is 5.90. The third-order valence-corrected chi connectivity index (χ3v) is 6.19. The van der Waals surface area contributed by atoms with Crippen molar-refractivity contribution in [1.29, 1.82) is 0 Å². The van der Waals surface area contributed by atoms with Gasteiger partial charge in [-0.25, -0.2) is 9.97 Å². The molecule has 0 radical (unpaired) electrons. The van der Waals surface area contributed by atoms with E-state index in [-0.39, 0.29) is 11.9 Å². The molecule has 166 valence electrons. The number of carbonyl (C=O) groups is 1. The van der Waals surface area contributed by atoms with E-state index < -0.39 is 0 Å². The van der Waals surface area contributed by atoms with Crippen molar-refractivity contribution in [2.24, 2.45) is 0 Å². The molecule has 2 aromatic heterocycles. The molecule has 0 spiro atoms. The monoisotopic (exact) mass is 458 g/mol.